The second-order valence-electron chi connectivity index (χ2n) is 3.17. The maximum atomic E-state index is 5.04. The van der Waals surface area contributed by atoms with Gasteiger partial charge in [-0.2, -0.15) is 0 Å². The Kier molecular flexibility index (Phi) is 17.1. The molecule has 0 radical (unpaired) electrons. The van der Waals surface area contributed by atoms with Crippen molar-refractivity contribution in [2.24, 2.45) is 5.41 Å². The van der Waals surface area contributed by atoms with E-state index in [0.29, 0.717) is 0 Å². The van der Waals surface area contributed by atoms with Crippen molar-refractivity contribution < 1.29 is 9.47 Å². The zero-order chi connectivity index (χ0) is 11.5. The van der Waals surface area contributed by atoms with Gasteiger partial charge < -0.3 is 9.47 Å². The summed E-state index contributed by atoms with van der Waals surface area (Å²) >= 11 is 0. The van der Waals surface area contributed by atoms with Crippen LogP contribution in [0.2, 0.25) is 0 Å². The fraction of sp³-hybridized carbons (Fsp3) is 1.00. The first-order chi connectivity index (χ1) is 6.02. The van der Waals surface area contributed by atoms with Crippen LogP contribution in [-0.4, -0.2) is 20.5 Å². The van der Waals surface area contributed by atoms with Crippen molar-refractivity contribution in [3.05, 3.63) is 0 Å². The Hall–Kier alpha value is -0.0800. The number of hydrogen-bond donors (Lipinski definition) is 0. The van der Waals surface area contributed by atoms with E-state index in [0.717, 1.165) is 0 Å². The van der Waals surface area contributed by atoms with E-state index in [1.54, 1.807) is 14.2 Å². The molecule has 84 valence electrons. The summed E-state index contributed by atoms with van der Waals surface area (Å²) in [5, 5.41) is 0. The van der Waals surface area contributed by atoms with E-state index < -0.39 is 0 Å². The van der Waals surface area contributed by atoms with Crippen molar-refractivity contribution >= 4 is 0 Å². The molecule has 0 spiro atoms. The summed E-state index contributed by atoms with van der Waals surface area (Å²) in [6.07, 6.45) is -0.0995. The maximum absolute atomic E-state index is 5.04. The molecule has 0 amide bonds. The first-order valence-corrected chi connectivity index (χ1v) is 5.08. The molecule has 0 saturated carbocycles. The second-order valence-corrected chi connectivity index (χ2v) is 3.17. The number of rotatable bonds is 2. The molecule has 0 bridgehead atoms. The van der Waals surface area contributed by atoms with Crippen molar-refractivity contribution in [2.45, 2.75) is 54.8 Å². The Bertz CT molecular complexity index is 70.6. The van der Waals surface area contributed by atoms with Crippen molar-refractivity contribution in [3.63, 3.8) is 0 Å². The van der Waals surface area contributed by atoms with Crippen LogP contribution in [0, 0.1) is 5.41 Å². The Morgan fingerprint density at radius 1 is 0.769 bits per heavy atom. The predicted molar refractivity (Wildman–Crippen MR) is 60.0 cm³/mol. The maximum Gasteiger partial charge on any atom is 0.161 e. The molecule has 0 unspecified atom stereocenters. The summed E-state index contributed by atoms with van der Waals surface area (Å²) in [5.74, 6) is 0. The average molecular weight is 192 g/mol. The fourth-order valence-electron chi connectivity index (χ4n) is 0.803. The molecule has 0 aliphatic carbocycles. The number of hydrogen-bond acceptors (Lipinski definition) is 2. The van der Waals surface area contributed by atoms with Crippen LogP contribution in [0.15, 0.2) is 0 Å². The van der Waals surface area contributed by atoms with Gasteiger partial charge in [-0.15, -0.1) is 0 Å². The van der Waals surface area contributed by atoms with Gasteiger partial charge in [0.15, 0.2) is 6.29 Å². The average Bonchev–Trinajstić information content (AvgIpc) is 2.11. The molecule has 0 rings (SSSR count). The number of methoxy groups -OCH3 is 2. The highest BCUT2D eigenvalue weighted by Crippen LogP contribution is 2.21. The van der Waals surface area contributed by atoms with Gasteiger partial charge in [0.1, 0.15) is 0 Å². The molecule has 0 saturated heterocycles. The van der Waals surface area contributed by atoms with Crippen LogP contribution < -0.4 is 0 Å². The van der Waals surface area contributed by atoms with E-state index in [2.05, 4.69) is 20.8 Å². The largest absolute Gasteiger partial charge is 0.355 e. The minimum Gasteiger partial charge on any atom is -0.355 e. The third kappa shape index (κ3) is 11.9. The van der Waals surface area contributed by atoms with Gasteiger partial charge in [0, 0.05) is 19.6 Å². The number of ether oxygens (including phenoxy) is 2. The van der Waals surface area contributed by atoms with Crippen LogP contribution in [0.4, 0.5) is 0 Å². The van der Waals surface area contributed by atoms with Crippen LogP contribution in [0.3, 0.4) is 0 Å². The highest BCUT2D eigenvalue weighted by atomic mass is 16.7. The Morgan fingerprint density at radius 3 is 1.00 bits per heavy atom. The van der Waals surface area contributed by atoms with Crippen LogP contribution in [0.5, 0.6) is 0 Å². The summed E-state index contributed by atoms with van der Waals surface area (Å²) in [6, 6.07) is 0. The van der Waals surface area contributed by atoms with Gasteiger partial charge in [0.05, 0.1) is 0 Å². The van der Waals surface area contributed by atoms with Gasteiger partial charge in [-0.25, -0.2) is 0 Å². The van der Waals surface area contributed by atoms with Crippen LogP contribution in [0.25, 0.3) is 0 Å². The smallest absolute Gasteiger partial charge is 0.161 e. The molecule has 0 aromatic carbocycles. The molecule has 0 fully saturated rings. The third-order valence-corrected chi connectivity index (χ3v) is 1.14. The molecule has 0 heterocycles. The standard InChI is InChI=1S/C7H16O2.2C2H6/c1-7(2,3)6(8-4)9-5;2*1-2/h6H,1-5H3;2*1-2H3. The van der Waals surface area contributed by atoms with Gasteiger partial charge in [-0.05, 0) is 0 Å². The molecule has 0 aromatic heterocycles. The molecule has 2 heteroatoms. The summed E-state index contributed by atoms with van der Waals surface area (Å²) in [4.78, 5) is 0. The van der Waals surface area contributed by atoms with E-state index in [4.69, 9.17) is 9.47 Å². The Morgan fingerprint density at radius 2 is 1.00 bits per heavy atom. The molecular weight excluding hydrogens is 164 g/mol. The normalized spacial score (nSPS) is 9.69. The van der Waals surface area contributed by atoms with Crippen molar-refractivity contribution in [3.8, 4) is 0 Å². The summed E-state index contributed by atoms with van der Waals surface area (Å²) in [6.45, 7) is 14.2. The van der Waals surface area contributed by atoms with E-state index in [-0.39, 0.29) is 11.7 Å². The molecule has 0 aliphatic heterocycles. The molecule has 2 nitrogen and oxygen atoms in total. The highest BCUT2D eigenvalue weighted by molar-refractivity contribution is 4.64. The summed E-state index contributed by atoms with van der Waals surface area (Å²) in [7, 11) is 3.30. The SMILES string of the molecule is CC.CC.COC(OC)C(C)(C)C. The third-order valence-electron chi connectivity index (χ3n) is 1.14. The lowest BCUT2D eigenvalue weighted by Gasteiger charge is -2.27. The summed E-state index contributed by atoms with van der Waals surface area (Å²) in [5.41, 5.74) is 0.0729. The van der Waals surface area contributed by atoms with E-state index in [1.165, 1.54) is 0 Å². The first-order valence-electron chi connectivity index (χ1n) is 5.08. The van der Waals surface area contributed by atoms with Crippen molar-refractivity contribution in [1.29, 1.82) is 0 Å². The molecule has 0 atom stereocenters. The topological polar surface area (TPSA) is 18.5 Å². The molecule has 0 aromatic rings. The second kappa shape index (κ2) is 11.9. The Balaban J connectivity index is -0.000000218. The zero-order valence-corrected chi connectivity index (χ0v) is 10.9. The van der Waals surface area contributed by atoms with E-state index >= 15 is 0 Å². The van der Waals surface area contributed by atoms with Gasteiger partial charge in [-0.3, -0.25) is 0 Å². The monoisotopic (exact) mass is 192 g/mol. The van der Waals surface area contributed by atoms with Crippen molar-refractivity contribution in [2.75, 3.05) is 14.2 Å². The summed E-state index contributed by atoms with van der Waals surface area (Å²) < 4.78 is 10.1. The molecule has 13 heavy (non-hydrogen) atoms. The minimum absolute atomic E-state index is 0.0729. The highest BCUT2D eigenvalue weighted by Gasteiger charge is 2.23. The lowest BCUT2D eigenvalue weighted by Crippen LogP contribution is -2.29. The van der Waals surface area contributed by atoms with Gasteiger partial charge in [0.2, 0.25) is 0 Å². The van der Waals surface area contributed by atoms with Gasteiger partial charge in [-0.1, -0.05) is 48.5 Å². The quantitative estimate of drug-likeness (QED) is 0.621. The minimum atomic E-state index is -0.0995. The zero-order valence-electron chi connectivity index (χ0n) is 10.9. The lowest BCUT2D eigenvalue weighted by atomic mass is 9.96. The van der Waals surface area contributed by atoms with Crippen molar-refractivity contribution in [1.82, 2.24) is 0 Å². The van der Waals surface area contributed by atoms with Crippen LogP contribution in [0.1, 0.15) is 48.5 Å². The predicted octanol–water partition coefficient (Wildman–Crippen LogP) is 3.70. The molecular formula is C11H28O2. The van der Waals surface area contributed by atoms with E-state index in [9.17, 15) is 0 Å². The van der Waals surface area contributed by atoms with Gasteiger partial charge in [0.25, 0.3) is 0 Å². The molecule has 0 N–H and O–H groups in total. The molecule has 0 aliphatic rings. The first kappa shape index (κ1) is 18.7. The Labute approximate surface area is 84.6 Å². The lowest BCUT2D eigenvalue weighted by molar-refractivity contribution is -0.161. The van der Waals surface area contributed by atoms with Crippen LogP contribution in [-0.2, 0) is 9.47 Å². The fourth-order valence-corrected chi connectivity index (χ4v) is 0.803. The van der Waals surface area contributed by atoms with Crippen LogP contribution >= 0.6 is 0 Å². The van der Waals surface area contributed by atoms with E-state index in [1.807, 2.05) is 27.7 Å². The van der Waals surface area contributed by atoms with Gasteiger partial charge >= 0.3 is 0 Å².